The second kappa shape index (κ2) is 5.85. The Morgan fingerprint density at radius 3 is 2.87 bits per heavy atom. The van der Waals surface area contributed by atoms with Crippen LogP contribution in [0.3, 0.4) is 0 Å². The Kier molecular flexibility index (Phi) is 3.87. The fourth-order valence-electron chi connectivity index (χ4n) is 2.28. The minimum absolute atomic E-state index is 0.0349. The van der Waals surface area contributed by atoms with Crippen molar-refractivity contribution in [3.05, 3.63) is 38.8 Å². The van der Waals surface area contributed by atoms with E-state index in [1.807, 2.05) is 0 Å². The highest BCUT2D eigenvalue weighted by Crippen LogP contribution is 2.33. The first-order valence-corrected chi connectivity index (χ1v) is 7.85. The van der Waals surface area contributed by atoms with Gasteiger partial charge >= 0.3 is 11.9 Å². The van der Waals surface area contributed by atoms with Crippen LogP contribution in [0.4, 0.5) is 0 Å². The first-order chi connectivity index (χ1) is 11.0. The number of ether oxygens (including phenoxy) is 1. The number of aromatic nitrogens is 1. The van der Waals surface area contributed by atoms with E-state index in [2.05, 4.69) is 4.98 Å². The highest BCUT2D eigenvalue weighted by atomic mass is 32.1. The van der Waals surface area contributed by atoms with Crippen LogP contribution in [0, 0.1) is 6.92 Å². The maximum Gasteiger partial charge on any atom is 0.313 e. The molecule has 2 aromatic heterocycles. The van der Waals surface area contributed by atoms with Crippen molar-refractivity contribution in [2.45, 2.75) is 20.3 Å². The molecule has 0 aliphatic heterocycles. The van der Waals surface area contributed by atoms with Gasteiger partial charge in [0.2, 0.25) is 5.43 Å². The molecule has 0 amide bonds. The highest BCUT2D eigenvalue weighted by Gasteiger charge is 2.22. The summed E-state index contributed by atoms with van der Waals surface area (Å²) in [6.45, 7) is 3.33. The van der Waals surface area contributed by atoms with E-state index in [9.17, 15) is 14.7 Å². The van der Waals surface area contributed by atoms with Crippen molar-refractivity contribution in [2.75, 3.05) is 0 Å². The molecule has 0 unspecified atom stereocenters. The quantitative estimate of drug-likeness (QED) is 0.741. The lowest BCUT2D eigenvalue weighted by Gasteiger charge is -2.09. The average Bonchev–Trinajstić information content (AvgIpc) is 3.00. The Bertz CT molecular complexity index is 943. The summed E-state index contributed by atoms with van der Waals surface area (Å²) in [5.74, 6) is -0.765. The van der Waals surface area contributed by atoms with Gasteiger partial charge in [-0.15, -0.1) is 11.3 Å². The smallest absolute Gasteiger partial charge is 0.313 e. The molecular weight excluding hydrogens is 318 g/mol. The third-order valence-corrected chi connectivity index (χ3v) is 3.92. The predicted octanol–water partition coefficient (Wildman–Crippen LogP) is 3.25. The topological polar surface area (TPSA) is 89.6 Å². The standard InChI is InChI=1S/C16H13NO5S/c1-3-12(19)22-16-14(10-6-23-7-17-10)15(20)13-8(2)4-9(18)5-11(13)21-16/h4-7,18H,3H2,1-2H3. The van der Waals surface area contributed by atoms with Crippen LogP contribution in [0.2, 0.25) is 0 Å². The summed E-state index contributed by atoms with van der Waals surface area (Å²) < 4.78 is 10.8. The predicted molar refractivity (Wildman–Crippen MR) is 85.9 cm³/mol. The molecule has 1 N–H and O–H groups in total. The monoisotopic (exact) mass is 331 g/mol. The van der Waals surface area contributed by atoms with Crippen LogP contribution < -0.4 is 10.2 Å². The van der Waals surface area contributed by atoms with Crippen molar-refractivity contribution in [3.8, 4) is 23.0 Å². The number of aryl methyl sites for hydroxylation is 1. The Morgan fingerprint density at radius 1 is 1.43 bits per heavy atom. The molecule has 0 saturated carbocycles. The lowest BCUT2D eigenvalue weighted by Crippen LogP contribution is -2.13. The number of phenolic OH excluding ortho intramolecular Hbond substituents is 1. The van der Waals surface area contributed by atoms with E-state index >= 15 is 0 Å². The van der Waals surface area contributed by atoms with Crippen molar-refractivity contribution in [1.29, 1.82) is 0 Å². The van der Waals surface area contributed by atoms with Gasteiger partial charge in [-0.3, -0.25) is 9.59 Å². The van der Waals surface area contributed by atoms with Crippen molar-refractivity contribution in [3.63, 3.8) is 0 Å². The highest BCUT2D eigenvalue weighted by molar-refractivity contribution is 7.07. The number of nitrogens with zero attached hydrogens (tertiary/aromatic N) is 1. The first kappa shape index (κ1) is 15.2. The first-order valence-electron chi connectivity index (χ1n) is 6.91. The van der Waals surface area contributed by atoms with Crippen LogP contribution >= 0.6 is 11.3 Å². The molecule has 3 rings (SSSR count). The van der Waals surface area contributed by atoms with Crippen molar-refractivity contribution < 1.29 is 19.1 Å². The molecule has 0 bridgehead atoms. The van der Waals surface area contributed by atoms with Gasteiger partial charge in [-0.2, -0.15) is 0 Å². The fraction of sp³-hybridized carbons (Fsp3) is 0.188. The SMILES string of the molecule is CCC(=O)Oc1oc2cc(O)cc(C)c2c(=O)c1-c1cscn1. The molecule has 0 aliphatic rings. The van der Waals surface area contributed by atoms with Crippen LogP contribution in [-0.4, -0.2) is 16.1 Å². The van der Waals surface area contributed by atoms with Gasteiger partial charge in [0.25, 0.3) is 0 Å². The van der Waals surface area contributed by atoms with Gasteiger partial charge in [0.15, 0.2) is 0 Å². The number of aromatic hydroxyl groups is 1. The third-order valence-electron chi connectivity index (χ3n) is 3.33. The van der Waals surface area contributed by atoms with E-state index in [0.29, 0.717) is 16.6 Å². The zero-order valence-electron chi connectivity index (χ0n) is 12.5. The molecule has 0 spiro atoms. The number of thiazole rings is 1. The Hall–Kier alpha value is -2.67. The number of carbonyl (C=O) groups excluding carboxylic acids is 1. The summed E-state index contributed by atoms with van der Waals surface area (Å²) in [6.07, 6.45) is 0.136. The molecule has 118 valence electrons. The fourth-order valence-corrected chi connectivity index (χ4v) is 2.82. The zero-order valence-corrected chi connectivity index (χ0v) is 13.3. The number of hydrogen-bond acceptors (Lipinski definition) is 7. The molecular formula is C16H13NO5S. The number of carbonyl (C=O) groups is 1. The number of esters is 1. The molecule has 1 aromatic carbocycles. The lowest BCUT2D eigenvalue weighted by atomic mass is 10.1. The van der Waals surface area contributed by atoms with Crippen LogP contribution in [0.1, 0.15) is 18.9 Å². The molecule has 0 radical (unpaired) electrons. The normalized spacial score (nSPS) is 10.9. The largest absolute Gasteiger partial charge is 0.508 e. The van der Waals surface area contributed by atoms with Crippen molar-refractivity contribution >= 4 is 28.3 Å². The molecule has 6 nitrogen and oxygen atoms in total. The minimum atomic E-state index is -0.527. The average molecular weight is 331 g/mol. The summed E-state index contributed by atoms with van der Waals surface area (Å²) in [6, 6.07) is 2.79. The summed E-state index contributed by atoms with van der Waals surface area (Å²) in [4.78, 5) is 28.6. The maximum atomic E-state index is 12.9. The van der Waals surface area contributed by atoms with Gasteiger partial charge in [0.1, 0.15) is 16.9 Å². The van der Waals surface area contributed by atoms with Crippen LogP contribution in [0.25, 0.3) is 22.2 Å². The van der Waals surface area contributed by atoms with Crippen LogP contribution in [0.5, 0.6) is 11.7 Å². The Labute approximate surface area is 135 Å². The second-order valence-corrected chi connectivity index (χ2v) is 5.65. The number of fused-ring (bicyclic) bond motifs is 1. The van der Waals surface area contributed by atoms with Gasteiger partial charge in [-0.05, 0) is 18.6 Å². The third kappa shape index (κ3) is 2.70. The van der Waals surface area contributed by atoms with Gasteiger partial charge in [0, 0.05) is 17.9 Å². The van der Waals surface area contributed by atoms with Gasteiger partial charge < -0.3 is 14.3 Å². The number of rotatable bonds is 3. The molecule has 2 heterocycles. The molecule has 0 atom stereocenters. The lowest BCUT2D eigenvalue weighted by molar-refractivity contribution is -0.135. The van der Waals surface area contributed by atoms with Gasteiger partial charge in [-0.25, -0.2) is 4.98 Å². The molecule has 0 fully saturated rings. The number of benzene rings is 1. The Morgan fingerprint density at radius 2 is 2.22 bits per heavy atom. The molecule has 0 aliphatic carbocycles. The van der Waals surface area contributed by atoms with E-state index in [1.54, 1.807) is 24.7 Å². The van der Waals surface area contributed by atoms with Crippen LogP contribution in [0.15, 0.2) is 32.2 Å². The van der Waals surface area contributed by atoms with Gasteiger partial charge in [0.05, 0.1) is 16.6 Å². The summed E-state index contributed by atoms with van der Waals surface area (Å²) >= 11 is 1.32. The maximum absolute atomic E-state index is 12.9. The minimum Gasteiger partial charge on any atom is -0.508 e. The molecule has 3 aromatic rings. The number of hydrogen-bond donors (Lipinski definition) is 1. The zero-order chi connectivity index (χ0) is 16.6. The van der Waals surface area contributed by atoms with Crippen molar-refractivity contribution in [2.24, 2.45) is 0 Å². The Balaban J connectivity index is 2.37. The molecule has 7 heteroatoms. The summed E-state index contributed by atoms with van der Waals surface area (Å²) in [5.41, 5.74) is 2.44. The van der Waals surface area contributed by atoms with Crippen LogP contribution in [-0.2, 0) is 4.79 Å². The molecule has 0 saturated heterocycles. The molecule has 23 heavy (non-hydrogen) atoms. The van der Waals surface area contributed by atoms with E-state index in [-0.39, 0.29) is 34.7 Å². The summed E-state index contributed by atoms with van der Waals surface area (Å²) in [5, 5.41) is 11.7. The summed E-state index contributed by atoms with van der Waals surface area (Å²) in [7, 11) is 0. The van der Waals surface area contributed by atoms with E-state index < -0.39 is 5.97 Å². The second-order valence-electron chi connectivity index (χ2n) is 4.93. The van der Waals surface area contributed by atoms with Crippen molar-refractivity contribution in [1.82, 2.24) is 4.98 Å². The van der Waals surface area contributed by atoms with Gasteiger partial charge in [-0.1, -0.05) is 6.92 Å². The van der Waals surface area contributed by atoms with E-state index in [0.717, 1.165) is 0 Å². The van der Waals surface area contributed by atoms with E-state index in [4.69, 9.17) is 9.15 Å². The number of phenols is 1. The van der Waals surface area contributed by atoms with E-state index in [1.165, 1.54) is 23.5 Å².